The number of likely N-dealkylation sites (tertiary alicyclic amines) is 1. The van der Waals surface area contributed by atoms with Crippen molar-refractivity contribution in [3.8, 4) is 17.1 Å². The average Bonchev–Trinajstić information content (AvgIpc) is 3.46. The van der Waals surface area contributed by atoms with Crippen molar-refractivity contribution in [3.05, 3.63) is 77.6 Å². The molecule has 2 atom stereocenters. The van der Waals surface area contributed by atoms with Crippen LogP contribution in [0.15, 0.2) is 54.9 Å². The molecule has 2 bridgehead atoms. The monoisotopic (exact) mass is 528 g/mol. The van der Waals surface area contributed by atoms with Crippen molar-refractivity contribution in [2.24, 2.45) is 0 Å². The Labute approximate surface area is 227 Å². The molecule has 0 radical (unpaired) electrons. The van der Waals surface area contributed by atoms with Gasteiger partial charge in [0.2, 0.25) is 11.7 Å². The molecule has 9 heteroatoms. The molecule has 1 amide bonds. The van der Waals surface area contributed by atoms with Gasteiger partial charge in [-0.25, -0.2) is 19.3 Å². The molecule has 2 unspecified atom stereocenters. The molecule has 2 fully saturated rings. The number of rotatable bonds is 6. The van der Waals surface area contributed by atoms with Gasteiger partial charge in [0, 0.05) is 55.7 Å². The third kappa shape index (κ3) is 4.76. The maximum absolute atomic E-state index is 14.6. The van der Waals surface area contributed by atoms with Gasteiger partial charge in [-0.3, -0.25) is 14.1 Å². The van der Waals surface area contributed by atoms with Gasteiger partial charge >= 0.3 is 0 Å². The second-order valence-electron chi connectivity index (χ2n) is 10.8. The number of fused-ring (bicyclic) bond motifs is 3. The van der Waals surface area contributed by atoms with Crippen molar-refractivity contribution in [1.29, 1.82) is 0 Å². The molecule has 0 spiro atoms. The van der Waals surface area contributed by atoms with Crippen LogP contribution >= 0.6 is 0 Å². The molecule has 0 saturated carbocycles. The first kappa shape index (κ1) is 25.4. The summed E-state index contributed by atoms with van der Waals surface area (Å²) < 4.78 is 21.9. The predicted molar refractivity (Wildman–Crippen MR) is 146 cm³/mol. The molecule has 39 heavy (non-hydrogen) atoms. The van der Waals surface area contributed by atoms with Gasteiger partial charge in [0.25, 0.3) is 5.91 Å². The Balaban J connectivity index is 1.28. The summed E-state index contributed by atoms with van der Waals surface area (Å²) in [6.07, 6.45) is 6.40. The summed E-state index contributed by atoms with van der Waals surface area (Å²) in [4.78, 5) is 31.4. The Bertz CT molecular complexity index is 1500. The summed E-state index contributed by atoms with van der Waals surface area (Å²) in [5.74, 6) is 0.389. The van der Waals surface area contributed by atoms with E-state index in [2.05, 4.69) is 57.4 Å². The van der Waals surface area contributed by atoms with Gasteiger partial charge in [0.1, 0.15) is 0 Å². The van der Waals surface area contributed by atoms with Crippen LogP contribution < -0.4 is 4.74 Å². The number of imidazole rings is 1. The Kier molecular flexibility index (Phi) is 6.76. The first-order valence-corrected chi connectivity index (χ1v) is 13.6. The number of aromatic nitrogens is 4. The number of benzene rings is 1. The van der Waals surface area contributed by atoms with Crippen molar-refractivity contribution < 1.29 is 13.9 Å². The van der Waals surface area contributed by atoms with Gasteiger partial charge in [-0.05, 0) is 42.9 Å². The van der Waals surface area contributed by atoms with Gasteiger partial charge in [0.15, 0.2) is 11.5 Å². The number of halogens is 1. The molecule has 1 aromatic carbocycles. The van der Waals surface area contributed by atoms with Crippen molar-refractivity contribution in [2.45, 2.75) is 57.7 Å². The van der Waals surface area contributed by atoms with Gasteiger partial charge in [-0.2, -0.15) is 0 Å². The second kappa shape index (κ2) is 10.4. The van der Waals surface area contributed by atoms with Crippen LogP contribution in [0.4, 0.5) is 4.39 Å². The zero-order valence-electron chi connectivity index (χ0n) is 22.5. The summed E-state index contributed by atoms with van der Waals surface area (Å²) in [5, 5.41) is 0. The van der Waals surface area contributed by atoms with E-state index in [4.69, 9.17) is 9.72 Å². The fourth-order valence-corrected chi connectivity index (χ4v) is 5.99. The Morgan fingerprint density at radius 1 is 1.08 bits per heavy atom. The van der Waals surface area contributed by atoms with Crippen molar-refractivity contribution in [1.82, 2.24) is 29.2 Å². The van der Waals surface area contributed by atoms with Crippen molar-refractivity contribution >= 4 is 11.7 Å². The van der Waals surface area contributed by atoms with E-state index in [9.17, 15) is 9.18 Å². The van der Waals surface area contributed by atoms with Crippen LogP contribution in [0.3, 0.4) is 0 Å². The molecule has 5 heterocycles. The predicted octanol–water partition coefficient (Wildman–Crippen LogP) is 4.94. The highest BCUT2D eigenvalue weighted by Crippen LogP contribution is 2.34. The van der Waals surface area contributed by atoms with E-state index < -0.39 is 5.82 Å². The Morgan fingerprint density at radius 3 is 2.64 bits per heavy atom. The zero-order valence-corrected chi connectivity index (χ0v) is 22.5. The number of ether oxygens (including phenoxy) is 1. The molecule has 4 aromatic rings. The lowest BCUT2D eigenvalue weighted by atomic mass is 10.00. The lowest BCUT2D eigenvalue weighted by molar-refractivity contribution is 0.0657. The molecule has 0 aliphatic carbocycles. The van der Waals surface area contributed by atoms with Gasteiger partial charge in [0.05, 0.1) is 18.5 Å². The number of pyridine rings is 1. The van der Waals surface area contributed by atoms with Gasteiger partial charge in [-0.1, -0.05) is 38.1 Å². The molecule has 8 nitrogen and oxygen atoms in total. The fourth-order valence-electron chi connectivity index (χ4n) is 5.99. The summed E-state index contributed by atoms with van der Waals surface area (Å²) >= 11 is 0. The van der Waals surface area contributed by atoms with E-state index in [0.717, 1.165) is 42.8 Å². The van der Waals surface area contributed by atoms with Crippen LogP contribution in [0.2, 0.25) is 0 Å². The molecular formula is C30H33FN6O2. The normalized spacial score (nSPS) is 19.6. The zero-order chi connectivity index (χ0) is 27.1. The van der Waals surface area contributed by atoms with Crippen LogP contribution in [0.25, 0.3) is 17.0 Å². The van der Waals surface area contributed by atoms with E-state index >= 15 is 0 Å². The minimum atomic E-state index is -0.618. The maximum Gasteiger partial charge on any atom is 0.276 e. The molecular weight excluding hydrogens is 495 g/mol. The van der Waals surface area contributed by atoms with Crippen molar-refractivity contribution in [3.63, 3.8) is 0 Å². The van der Waals surface area contributed by atoms with Crippen LogP contribution in [0.5, 0.6) is 5.88 Å². The topological polar surface area (TPSA) is 75.9 Å². The first-order chi connectivity index (χ1) is 18.9. The highest BCUT2D eigenvalue weighted by Gasteiger charge is 2.41. The Morgan fingerprint density at radius 2 is 1.87 bits per heavy atom. The largest absolute Gasteiger partial charge is 0.481 e. The maximum atomic E-state index is 14.6. The Hall–Kier alpha value is -3.85. The summed E-state index contributed by atoms with van der Waals surface area (Å²) in [6.45, 7) is 6.58. The molecule has 6 rings (SSSR count). The molecule has 0 N–H and O–H groups in total. The standard InChI is InChI=1S/C30H33FN6O2/c1-19(2)20-5-7-21(8-6-20)27-25(36-15-4-14-32-30(36)34-27)18-35-16-13-22-9-10-23(17-35)37(22)29(38)28-24(31)11-12-26(33-28)39-3/h4-8,11-12,14-15,19,22-23H,9-10,13,16-18H2,1-3H3. The number of hydrogen-bond donors (Lipinski definition) is 0. The molecule has 2 saturated heterocycles. The van der Waals surface area contributed by atoms with Crippen molar-refractivity contribution in [2.75, 3.05) is 20.2 Å². The number of methoxy groups -OCH3 is 1. The van der Waals surface area contributed by atoms with E-state index in [-0.39, 0.29) is 29.6 Å². The summed E-state index contributed by atoms with van der Waals surface area (Å²) in [6, 6.07) is 13.3. The number of hydrogen-bond acceptors (Lipinski definition) is 6. The highest BCUT2D eigenvalue weighted by atomic mass is 19.1. The second-order valence-corrected chi connectivity index (χ2v) is 10.8. The molecule has 2 aliphatic heterocycles. The van der Waals surface area contributed by atoms with Crippen LogP contribution in [0.1, 0.15) is 60.8 Å². The fraction of sp³-hybridized carbons (Fsp3) is 0.400. The number of amides is 1. The quantitative estimate of drug-likeness (QED) is 0.353. The van der Waals surface area contributed by atoms with Crippen LogP contribution in [0, 0.1) is 5.82 Å². The molecule has 2 aliphatic rings. The smallest absolute Gasteiger partial charge is 0.276 e. The van der Waals surface area contributed by atoms with E-state index in [1.807, 2.05) is 17.2 Å². The minimum Gasteiger partial charge on any atom is -0.481 e. The number of carbonyl (C=O) groups is 1. The third-order valence-corrected chi connectivity index (χ3v) is 8.06. The minimum absolute atomic E-state index is 0.0107. The summed E-state index contributed by atoms with van der Waals surface area (Å²) in [5.41, 5.74) is 4.19. The van der Waals surface area contributed by atoms with Crippen LogP contribution in [-0.2, 0) is 6.54 Å². The first-order valence-electron chi connectivity index (χ1n) is 13.6. The van der Waals surface area contributed by atoms with Gasteiger partial charge < -0.3 is 9.64 Å². The van der Waals surface area contributed by atoms with Crippen LogP contribution in [-0.4, -0.2) is 67.3 Å². The van der Waals surface area contributed by atoms with Gasteiger partial charge in [-0.15, -0.1) is 0 Å². The third-order valence-electron chi connectivity index (χ3n) is 8.06. The SMILES string of the molecule is COc1ccc(F)c(C(=O)N2C3CCC2CN(Cc2c(-c4ccc(C(C)C)cc4)nc4ncccn24)CC3)n1. The van der Waals surface area contributed by atoms with E-state index in [0.29, 0.717) is 24.8 Å². The average molecular weight is 529 g/mol. The lowest BCUT2D eigenvalue weighted by Crippen LogP contribution is -2.43. The number of carbonyl (C=O) groups excluding carboxylic acids is 1. The summed E-state index contributed by atoms with van der Waals surface area (Å²) in [7, 11) is 1.46. The van der Waals surface area contributed by atoms with E-state index in [1.54, 1.807) is 6.20 Å². The molecule has 3 aromatic heterocycles. The highest BCUT2D eigenvalue weighted by molar-refractivity contribution is 5.93. The number of nitrogens with zero attached hydrogens (tertiary/aromatic N) is 6. The van der Waals surface area contributed by atoms with E-state index in [1.165, 1.54) is 24.8 Å². The lowest BCUT2D eigenvalue weighted by Gasteiger charge is -2.29. The molecule has 202 valence electrons.